The first-order valence-electron chi connectivity index (χ1n) is 9.20. The second kappa shape index (κ2) is 10.8. The van der Waals surface area contributed by atoms with Crippen LogP contribution in [0.25, 0.3) is 11.6 Å². The van der Waals surface area contributed by atoms with E-state index in [0.29, 0.717) is 0 Å². The summed E-state index contributed by atoms with van der Waals surface area (Å²) in [5.74, 6) is 0. The van der Waals surface area contributed by atoms with Gasteiger partial charge in [-0.2, -0.15) is 0 Å². The fourth-order valence-corrected chi connectivity index (χ4v) is 2.72. The van der Waals surface area contributed by atoms with Crippen LogP contribution in [-0.4, -0.2) is 6.72 Å². The lowest BCUT2D eigenvalue weighted by Gasteiger charge is -2.05. The molecule has 0 radical (unpaired) electrons. The molecule has 2 aromatic carbocycles. The first-order chi connectivity index (χ1) is 13.1. The molecule has 0 spiro atoms. The van der Waals surface area contributed by atoms with E-state index in [2.05, 4.69) is 79.1 Å². The number of nitrogens with zero attached hydrogens (tertiary/aromatic N) is 1. The van der Waals surface area contributed by atoms with Gasteiger partial charge in [-0.05, 0) is 68.3 Å². The van der Waals surface area contributed by atoms with Crippen molar-refractivity contribution in [3.8, 4) is 0 Å². The molecule has 0 unspecified atom stereocenters. The van der Waals surface area contributed by atoms with Gasteiger partial charge in [0, 0.05) is 18.0 Å². The van der Waals surface area contributed by atoms with E-state index in [9.17, 15) is 0 Å². The highest BCUT2D eigenvalue weighted by molar-refractivity contribution is 5.72. The van der Waals surface area contributed by atoms with Gasteiger partial charge >= 0.3 is 0 Å². The molecule has 2 rings (SSSR count). The van der Waals surface area contributed by atoms with Gasteiger partial charge in [0.2, 0.25) is 0 Å². The van der Waals surface area contributed by atoms with Crippen LogP contribution < -0.4 is 5.32 Å². The Balaban J connectivity index is 1.95. The average molecular weight is 357 g/mol. The van der Waals surface area contributed by atoms with Gasteiger partial charge in [0.05, 0.1) is 5.69 Å². The molecule has 0 heterocycles. The van der Waals surface area contributed by atoms with E-state index in [0.717, 1.165) is 35.2 Å². The molecule has 0 aliphatic heterocycles. The van der Waals surface area contributed by atoms with Crippen LogP contribution in [0.1, 0.15) is 35.6 Å². The van der Waals surface area contributed by atoms with Crippen LogP contribution >= 0.6 is 0 Å². The van der Waals surface area contributed by atoms with E-state index in [1.165, 1.54) is 11.1 Å². The Morgan fingerprint density at radius 3 is 2.74 bits per heavy atom. The first-order valence-corrected chi connectivity index (χ1v) is 9.20. The lowest BCUT2D eigenvalue weighted by atomic mass is 10.0. The highest BCUT2D eigenvalue weighted by Gasteiger charge is 2.00. The summed E-state index contributed by atoms with van der Waals surface area (Å²) in [5.41, 5.74) is 6.54. The largest absolute Gasteiger partial charge is 0.368 e. The smallest absolute Gasteiger partial charge is 0.0697 e. The van der Waals surface area contributed by atoms with Crippen LogP contribution in [0.2, 0.25) is 0 Å². The summed E-state index contributed by atoms with van der Waals surface area (Å²) in [6, 6.07) is 14.7. The zero-order valence-corrected chi connectivity index (χ0v) is 16.3. The van der Waals surface area contributed by atoms with E-state index < -0.39 is 0 Å². The zero-order chi connectivity index (χ0) is 19.5. The highest BCUT2D eigenvalue weighted by atomic mass is 14.8. The van der Waals surface area contributed by atoms with E-state index in [1.807, 2.05) is 37.5 Å². The number of rotatable bonds is 9. The minimum Gasteiger partial charge on any atom is -0.368 e. The lowest BCUT2D eigenvalue weighted by molar-refractivity contribution is 0.999. The SMILES string of the molecule is C=Nc1cc(CC/C=C\C)ccc1/C=C\N/C=C\C(=C)c1cccc(C)c1. The molecule has 0 saturated carbocycles. The average Bonchev–Trinajstić information content (AvgIpc) is 2.68. The Morgan fingerprint density at radius 1 is 1.15 bits per heavy atom. The summed E-state index contributed by atoms with van der Waals surface area (Å²) in [7, 11) is 0. The maximum Gasteiger partial charge on any atom is 0.0697 e. The zero-order valence-electron chi connectivity index (χ0n) is 16.3. The molecular formula is C25H28N2. The molecule has 2 nitrogen and oxygen atoms in total. The van der Waals surface area contributed by atoms with E-state index >= 15 is 0 Å². The number of hydrogen-bond acceptors (Lipinski definition) is 2. The lowest BCUT2D eigenvalue weighted by Crippen LogP contribution is -1.92. The van der Waals surface area contributed by atoms with Crippen molar-refractivity contribution in [2.75, 3.05) is 0 Å². The van der Waals surface area contributed by atoms with Crippen LogP contribution in [-0.2, 0) is 6.42 Å². The number of hydrogen-bond donors (Lipinski definition) is 1. The second-order valence-corrected chi connectivity index (χ2v) is 6.39. The summed E-state index contributed by atoms with van der Waals surface area (Å²) in [4.78, 5) is 4.16. The first kappa shape index (κ1) is 20.2. The molecule has 1 N–H and O–H groups in total. The molecule has 0 aromatic heterocycles. The van der Waals surface area contributed by atoms with Crippen LogP contribution in [0, 0.1) is 6.92 Å². The highest BCUT2D eigenvalue weighted by Crippen LogP contribution is 2.22. The number of allylic oxidation sites excluding steroid dienone is 4. The quantitative estimate of drug-likeness (QED) is 0.304. The van der Waals surface area contributed by atoms with Gasteiger partial charge in [0.1, 0.15) is 0 Å². The van der Waals surface area contributed by atoms with Gasteiger partial charge in [-0.1, -0.05) is 60.7 Å². The predicted octanol–water partition coefficient (Wildman–Crippen LogP) is 6.62. The maximum absolute atomic E-state index is 4.16. The van der Waals surface area contributed by atoms with Gasteiger partial charge in [-0.15, -0.1) is 0 Å². The van der Waals surface area contributed by atoms with Crippen molar-refractivity contribution in [3.05, 3.63) is 102 Å². The third-order valence-electron chi connectivity index (χ3n) is 4.23. The fraction of sp³-hybridized carbons (Fsp3) is 0.160. The molecule has 0 bridgehead atoms. The van der Waals surface area contributed by atoms with E-state index in [-0.39, 0.29) is 0 Å². The Kier molecular flexibility index (Phi) is 8.05. The number of nitrogens with one attached hydrogen (secondary N) is 1. The van der Waals surface area contributed by atoms with Crippen molar-refractivity contribution < 1.29 is 0 Å². The topological polar surface area (TPSA) is 24.4 Å². The van der Waals surface area contributed by atoms with Gasteiger partial charge < -0.3 is 5.32 Å². The second-order valence-electron chi connectivity index (χ2n) is 6.39. The standard InChI is InChI=1S/C25H28N2/c1-5-6-7-10-22-12-13-23(25(19-22)26-4)15-17-27-16-14-21(3)24-11-8-9-20(2)18-24/h5-6,8-9,11-19,27H,3-4,7,10H2,1-2H3/b6-5-,16-14-,17-15-. The molecule has 2 aromatic rings. The van der Waals surface area contributed by atoms with Crippen LogP contribution in [0.5, 0.6) is 0 Å². The van der Waals surface area contributed by atoms with Gasteiger partial charge in [0.15, 0.2) is 0 Å². The molecule has 138 valence electrons. The number of aryl methyl sites for hydroxylation is 2. The summed E-state index contributed by atoms with van der Waals surface area (Å²) in [5, 5.41) is 3.16. The van der Waals surface area contributed by atoms with Gasteiger partial charge in [-0.25, -0.2) is 0 Å². The van der Waals surface area contributed by atoms with Crippen molar-refractivity contribution in [2.24, 2.45) is 4.99 Å². The molecule has 2 heteroatoms. The van der Waals surface area contributed by atoms with Crippen LogP contribution in [0.3, 0.4) is 0 Å². The summed E-state index contributed by atoms with van der Waals surface area (Å²) in [6.07, 6.45) is 14.1. The Morgan fingerprint density at radius 2 is 2.00 bits per heavy atom. The van der Waals surface area contributed by atoms with Crippen molar-refractivity contribution in [1.29, 1.82) is 0 Å². The van der Waals surface area contributed by atoms with Gasteiger partial charge in [-0.3, -0.25) is 4.99 Å². The minimum atomic E-state index is 0.902. The Labute approximate surface area is 163 Å². The molecule has 0 fully saturated rings. The normalized spacial score (nSPS) is 11.5. The Hall–Kier alpha value is -3.13. The molecule has 0 saturated heterocycles. The van der Waals surface area contributed by atoms with Crippen LogP contribution in [0.15, 0.2) is 84.7 Å². The molecule has 0 aliphatic carbocycles. The Bertz CT molecular complexity index is 870. The predicted molar refractivity (Wildman–Crippen MR) is 120 cm³/mol. The van der Waals surface area contributed by atoms with Crippen molar-refractivity contribution in [3.63, 3.8) is 0 Å². The third kappa shape index (κ3) is 6.59. The summed E-state index contributed by atoms with van der Waals surface area (Å²) in [6.45, 7) is 11.9. The molecule has 27 heavy (non-hydrogen) atoms. The van der Waals surface area contributed by atoms with E-state index in [4.69, 9.17) is 0 Å². The maximum atomic E-state index is 4.16. The third-order valence-corrected chi connectivity index (χ3v) is 4.23. The molecular weight excluding hydrogens is 328 g/mol. The molecule has 0 amide bonds. The van der Waals surface area contributed by atoms with Crippen molar-refractivity contribution in [2.45, 2.75) is 26.7 Å². The van der Waals surface area contributed by atoms with Crippen molar-refractivity contribution in [1.82, 2.24) is 5.32 Å². The summed E-state index contributed by atoms with van der Waals surface area (Å²) >= 11 is 0. The molecule has 0 aliphatic rings. The molecule has 0 atom stereocenters. The number of benzene rings is 2. The summed E-state index contributed by atoms with van der Waals surface area (Å²) < 4.78 is 0. The number of aliphatic imine (C=N–C) groups is 1. The van der Waals surface area contributed by atoms with Gasteiger partial charge in [0.25, 0.3) is 0 Å². The van der Waals surface area contributed by atoms with E-state index in [1.54, 1.807) is 0 Å². The minimum absolute atomic E-state index is 0.902. The van der Waals surface area contributed by atoms with Crippen LogP contribution in [0.4, 0.5) is 5.69 Å². The fourth-order valence-electron chi connectivity index (χ4n) is 2.72. The monoisotopic (exact) mass is 356 g/mol. The van der Waals surface area contributed by atoms with Crippen molar-refractivity contribution >= 4 is 24.1 Å².